The van der Waals surface area contributed by atoms with Crippen molar-refractivity contribution in [3.8, 4) is 0 Å². The molecule has 0 atom stereocenters. The Labute approximate surface area is 119 Å². The highest BCUT2D eigenvalue weighted by atomic mass is 32.2. The number of nitrogens with two attached hydrogens (primary N) is 1. The lowest BCUT2D eigenvalue weighted by Gasteiger charge is -2.07. The topological polar surface area (TPSA) is 160 Å². The van der Waals surface area contributed by atoms with Gasteiger partial charge in [-0.2, -0.15) is 0 Å². The van der Waals surface area contributed by atoms with Crippen LogP contribution < -0.4 is 10.5 Å². The van der Waals surface area contributed by atoms with Gasteiger partial charge in [0, 0.05) is 12.1 Å². The summed E-state index contributed by atoms with van der Waals surface area (Å²) in [4.78, 5) is 13.6. The van der Waals surface area contributed by atoms with Crippen molar-refractivity contribution in [2.75, 3.05) is 10.5 Å². The molecule has 0 aliphatic carbocycles. The SMILES string of the molecule is Nc1cccc(NS(=O)(=O)c2ccc([N+](=O)[O-])cc2)n1.O. The number of benzene rings is 1. The monoisotopic (exact) mass is 312 g/mol. The van der Waals surface area contributed by atoms with Gasteiger partial charge in [-0.1, -0.05) is 6.07 Å². The van der Waals surface area contributed by atoms with Gasteiger partial charge in [0.15, 0.2) is 0 Å². The van der Waals surface area contributed by atoms with Gasteiger partial charge in [-0.05, 0) is 24.3 Å². The molecule has 2 aromatic rings. The lowest BCUT2D eigenvalue weighted by Crippen LogP contribution is -2.14. The molecule has 1 aromatic carbocycles. The Balaban J connectivity index is 0.00000220. The standard InChI is InChI=1S/C11H10N4O4S.H2O/c12-10-2-1-3-11(13-10)14-20(18,19)9-6-4-8(5-7-9)15(16)17;/h1-7H,(H3,12,13,14);1H2. The normalized spacial score (nSPS) is 10.5. The van der Waals surface area contributed by atoms with E-state index in [2.05, 4.69) is 9.71 Å². The molecule has 1 aromatic heterocycles. The van der Waals surface area contributed by atoms with Crippen molar-refractivity contribution in [1.82, 2.24) is 4.98 Å². The first kappa shape index (κ1) is 16.3. The maximum Gasteiger partial charge on any atom is 0.269 e. The van der Waals surface area contributed by atoms with Crippen molar-refractivity contribution >= 4 is 27.3 Å². The first-order chi connectivity index (χ1) is 9.38. The number of nitro benzene ring substituents is 1. The molecule has 0 radical (unpaired) electrons. The number of rotatable bonds is 4. The zero-order chi connectivity index (χ0) is 14.8. The van der Waals surface area contributed by atoms with Gasteiger partial charge >= 0.3 is 0 Å². The average molecular weight is 312 g/mol. The minimum absolute atomic E-state index is 0. The highest BCUT2D eigenvalue weighted by Crippen LogP contribution is 2.18. The van der Waals surface area contributed by atoms with E-state index in [1.165, 1.54) is 12.1 Å². The molecule has 2 rings (SSSR count). The second-order valence-electron chi connectivity index (χ2n) is 3.80. The molecule has 1 heterocycles. The van der Waals surface area contributed by atoms with Gasteiger partial charge in [-0.25, -0.2) is 13.4 Å². The molecule has 0 saturated carbocycles. The molecule has 0 saturated heterocycles. The van der Waals surface area contributed by atoms with E-state index in [1.54, 1.807) is 6.07 Å². The third kappa shape index (κ3) is 3.87. The van der Waals surface area contributed by atoms with Crippen LogP contribution >= 0.6 is 0 Å². The van der Waals surface area contributed by atoms with E-state index in [-0.39, 0.29) is 27.7 Å². The van der Waals surface area contributed by atoms with E-state index in [0.29, 0.717) is 0 Å². The van der Waals surface area contributed by atoms with Crippen LogP contribution in [0.2, 0.25) is 0 Å². The Bertz CT molecular complexity index is 745. The summed E-state index contributed by atoms with van der Waals surface area (Å²) >= 11 is 0. The fourth-order valence-corrected chi connectivity index (χ4v) is 2.45. The van der Waals surface area contributed by atoms with Gasteiger partial charge in [0.1, 0.15) is 11.6 Å². The molecule has 0 bridgehead atoms. The fraction of sp³-hybridized carbons (Fsp3) is 0. The average Bonchev–Trinajstić information content (AvgIpc) is 2.38. The number of sulfonamides is 1. The molecule has 0 aliphatic heterocycles. The van der Waals surface area contributed by atoms with Gasteiger partial charge in [0.25, 0.3) is 15.7 Å². The summed E-state index contributed by atoms with van der Waals surface area (Å²) in [7, 11) is -3.86. The third-order valence-corrected chi connectivity index (χ3v) is 3.74. The number of anilines is 2. The Kier molecular flexibility index (Phi) is 4.79. The second-order valence-corrected chi connectivity index (χ2v) is 5.49. The molecule has 0 amide bonds. The van der Waals surface area contributed by atoms with Crippen molar-refractivity contribution in [3.05, 3.63) is 52.6 Å². The second kappa shape index (κ2) is 6.15. The molecule has 0 aliphatic rings. The van der Waals surface area contributed by atoms with E-state index in [1.807, 2.05) is 0 Å². The molecule has 0 unspecified atom stereocenters. The maximum absolute atomic E-state index is 12.0. The maximum atomic E-state index is 12.0. The first-order valence-electron chi connectivity index (χ1n) is 5.38. The lowest BCUT2D eigenvalue weighted by atomic mass is 10.3. The lowest BCUT2D eigenvalue weighted by molar-refractivity contribution is -0.384. The van der Waals surface area contributed by atoms with Crippen molar-refractivity contribution in [1.29, 1.82) is 0 Å². The number of non-ortho nitro benzene ring substituents is 1. The predicted molar refractivity (Wildman–Crippen MR) is 76.2 cm³/mol. The zero-order valence-electron chi connectivity index (χ0n) is 10.6. The zero-order valence-corrected chi connectivity index (χ0v) is 11.4. The van der Waals surface area contributed by atoms with Crippen LogP contribution in [0.1, 0.15) is 0 Å². The molecular formula is C11H12N4O5S. The molecule has 21 heavy (non-hydrogen) atoms. The van der Waals surface area contributed by atoms with E-state index in [4.69, 9.17) is 5.73 Å². The van der Waals surface area contributed by atoms with Crippen LogP contribution in [-0.4, -0.2) is 23.8 Å². The quantitative estimate of drug-likeness (QED) is 0.619. The number of hydrogen-bond donors (Lipinski definition) is 2. The molecule has 0 spiro atoms. The van der Waals surface area contributed by atoms with Gasteiger partial charge in [-0.3, -0.25) is 14.8 Å². The molecular weight excluding hydrogens is 300 g/mol. The minimum Gasteiger partial charge on any atom is -0.412 e. The van der Waals surface area contributed by atoms with Gasteiger partial charge in [0.2, 0.25) is 0 Å². The molecule has 9 nitrogen and oxygen atoms in total. The Morgan fingerprint density at radius 2 is 1.76 bits per heavy atom. The van der Waals surface area contributed by atoms with Crippen molar-refractivity contribution in [2.45, 2.75) is 4.90 Å². The summed E-state index contributed by atoms with van der Waals surface area (Å²) in [5.74, 6) is 0.247. The number of aromatic nitrogens is 1. The van der Waals surface area contributed by atoms with Crippen LogP contribution in [0.5, 0.6) is 0 Å². The number of nitrogens with zero attached hydrogens (tertiary/aromatic N) is 2. The third-order valence-electron chi connectivity index (χ3n) is 2.37. The van der Waals surface area contributed by atoms with Crippen molar-refractivity contribution in [2.24, 2.45) is 0 Å². The molecule has 10 heteroatoms. The Morgan fingerprint density at radius 1 is 1.14 bits per heavy atom. The molecule has 5 N–H and O–H groups in total. The molecule has 0 fully saturated rings. The number of pyridine rings is 1. The van der Waals surface area contributed by atoms with Crippen LogP contribution in [-0.2, 0) is 10.0 Å². The predicted octanol–water partition coefficient (Wildman–Crippen LogP) is 0.548. The van der Waals surface area contributed by atoms with E-state index in [0.717, 1.165) is 24.3 Å². The molecule has 112 valence electrons. The highest BCUT2D eigenvalue weighted by molar-refractivity contribution is 7.92. The van der Waals surface area contributed by atoms with Crippen LogP contribution in [0.15, 0.2) is 47.4 Å². The van der Waals surface area contributed by atoms with Crippen LogP contribution in [0.3, 0.4) is 0 Å². The minimum atomic E-state index is -3.86. The van der Waals surface area contributed by atoms with Crippen molar-refractivity contribution in [3.63, 3.8) is 0 Å². The summed E-state index contributed by atoms with van der Waals surface area (Å²) < 4.78 is 26.3. The number of nitro groups is 1. The summed E-state index contributed by atoms with van der Waals surface area (Å²) in [6.07, 6.45) is 0. The highest BCUT2D eigenvalue weighted by Gasteiger charge is 2.16. The summed E-state index contributed by atoms with van der Waals surface area (Å²) in [6.45, 7) is 0. The Hall–Kier alpha value is -2.72. The van der Waals surface area contributed by atoms with Crippen LogP contribution in [0, 0.1) is 10.1 Å². The summed E-state index contributed by atoms with van der Waals surface area (Å²) in [6, 6.07) is 9.03. The van der Waals surface area contributed by atoms with E-state index in [9.17, 15) is 18.5 Å². The summed E-state index contributed by atoms with van der Waals surface area (Å²) in [5, 5.41) is 10.5. The fourth-order valence-electron chi connectivity index (χ4n) is 1.45. The van der Waals surface area contributed by atoms with Crippen LogP contribution in [0.25, 0.3) is 0 Å². The summed E-state index contributed by atoms with van der Waals surface area (Å²) in [5.41, 5.74) is 5.26. The Morgan fingerprint density at radius 3 is 2.29 bits per heavy atom. The van der Waals surface area contributed by atoms with Gasteiger partial charge in [0.05, 0.1) is 9.82 Å². The van der Waals surface area contributed by atoms with Gasteiger partial charge < -0.3 is 11.2 Å². The first-order valence-corrected chi connectivity index (χ1v) is 6.86. The number of nitrogen functional groups attached to an aromatic ring is 1. The van der Waals surface area contributed by atoms with Crippen molar-refractivity contribution < 1.29 is 18.8 Å². The number of nitrogens with one attached hydrogen (secondary N) is 1. The van der Waals surface area contributed by atoms with Crippen LogP contribution in [0.4, 0.5) is 17.3 Å². The van der Waals surface area contributed by atoms with Gasteiger partial charge in [-0.15, -0.1) is 0 Å². The number of hydrogen-bond acceptors (Lipinski definition) is 6. The van der Waals surface area contributed by atoms with E-state index < -0.39 is 14.9 Å². The smallest absolute Gasteiger partial charge is 0.269 e. The largest absolute Gasteiger partial charge is 0.412 e. The van der Waals surface area contributed by atoms with E-state index >= 15 is 0 Å².